The minimum absolute atomic E-state index is 0.416. The van der Waals surface area contributed by atoms with Crippen molar-refractivity contribution in [2.24, 2.45) is 0 Å². The minimum atomic E-state index is -4.16. The summed E-state index contributed by atoms with van der Waals surface area (Å²) in [6.45, 7) is 0. The van der Waals surface area contributed by atoms with Crippen molar-refractivity contribution in [1.29, 1.82) is 0 Å². The summed E-state index contributed by atoms with van der Waals surface area (Å²) in [6.07, 6.45) is -2.74. The van der Waals surface area contributed by atoms with Gasteiger partial charge in [0.05, 0.1) is 0 Å². The Balaban J connectivity index is 3.23. The minimum Gasteiger partial charge on any atom is -0.381 e. The Morgan fingerprint density at radius 1 is 1.13 bits per heavy atom. The fourth-order valence-electron chi connectivity index (χ4n) is 0.928. The Kier molecular flexibility index (Phi) is 3.20. The first-order valence-electron chi connectivity index (χ1n) is 3.63. The van der Waals surface area contributed by atoms with Crippen LogP contribution in [0.5, 0.6) is 0 Å². The Morgan fingerprint density at radius 2 is 1.67 bits per heavy atom. The highest BCUT2D eigenvalue weighted by Crippen LogP contribution is 2.36. The molecule has 0 aliphatic carbocycles. The van der Waals surface area contributed by atoms with Crippen LogP contribution in [0.15, 0.2) is 12.1 Å². The van der Waals surface area contributed by atoms with Crippen LogP contribution in [-0.2, 0) is 0 Å². The standard InChI is InChI=1S/C8H4ClF5O/c9-8(13,14)7(15)3-1-2-4(10)6(12)5(3)11/h1-2,7,15H. The molecule has 0 aromatic heterocycles. The summed E-state index contributed by atoms with van der Waals surface area (Å²) in [5, 5.41) is 4.68. The third-order valence-electron chi connectivity index (χ3n) is 1.67. The molecule has 1 N–H and O–H groups in total. The Bertz CT molecular complexity index is 376. The van der Waals surface area contributed by atoms with E-state index in [9.17, 15) is 22.0 Å². The van der Waals surface area contributed by atoms with Crippen LogP contribution >= 0.6 is 11.6 Å². The second kappa shape index (κ2) is 3.94. The van der Waals surface area contributed by atoms with Crippen LogP contribution < -0.4 is 0 Å². The number of hydrogen-bond acceptors (Lipinski definition) is 1. The van der Waals surface area contributed by atoms with Crippen LogP contribution in [0, 0.1) is 17.5 Å². The van der Waals surface area contributed by atoms with Gasteiger partial charge in [-0.1, -0.05) is 6.07 Å². The van der Waals surface area contributed by atoms with Gasteiger partial charge in [-0.05, 0) is 17.7 Å². The number of aliphatic hydroxyl groups excluding tert-OH is 1. The predicted molar refractivity (Wildman–Crippen MR) is 42.1 cm³/mol. The second-order valence-electron chi connectivity index (χ2n) is 2.71. The summed E-state index contributed by atoms with van der Waals surface area (Å²) >= 11 is 4.42. The highest BCUT2D eigenvalue weighted by Gasteiger charge is 2.39. The maximum Gasteiger partial charge on any atom is 0.351 e. The topological polar surface area (TPSA) is 20.2 Å². The molecule has 1 aromatic carbocycles. The third kappa shape index (κ3) is 2.38. The molecule has 0 aliphatic heterocycles. The van der Waals surface area contributed by atoms with Crippen molar-refractivity contribution < 1.29 is 27.1 Å². The van der Waals surface area contributed by atoms with Gasteiger partial charge in [-0.25, -0.2) is 13.2 Å². The molecule has 0 amide bonds. The summed E-state index contributed by atoms with van der Waals surface area (Å²) in [5.74, 6) is -5.36. The molecule has 0 saturated heterocycles. The quantitative estimate of drug-likeness (QED) is 0.483. The summed E-state index contributed by atoms with van der Waals surface area (Å²) in [4.78, 5) is 0. The molecule has 0 aliphatic rings. The average molecular weight is 247 g/mol. The molecule has 0 bridgehead atoms. The van der Waals surface area contributed by atoms with E-state index in [4.69, 9.17) is 5.11 Å². The molecule has 1 unspecified atom stereocenters. The molecule has 1 rings (SSSR count). The van der Waals surface area contributed by atoms with Gasteiger partial charge in [-0.15, -0.1) is 0 Å². The van der Waals surface area contributed by atoms with E-state index in [2.05, 4.69) is 11.6 Å². The molecule has 15 heavy (non-hydrogen) atoms. The first-order valence-corrected chi connectivity index (χ1v) is 4.01. The maximum atomic E-state index is 12.9. The molecule has 0 radical (unpaired) electrons. The molecule has 0 spiro atoms. The lowest BCUT2D eigenvalue weighted by molar-refractivity contribution is -0.0444. The lowest BCUT2D eigenvalue weighted by Crippen LogP contribution is -2.20. The number of alkyl halides is 3. The zero-order chi connectivity index (χ0) is 11.8. The van der Waals surface area contributed by atoms with Gasteiger partial charge in [-0.2, -0.15) is 8.78 Å². The summed E-state index contributed by atoms with van der Waals surface area (Å²) in [5.41, 5.74) is -1.10. The fraction of sp³-hybridized carbons (Fsp3) is 0.250. The predicted octanol–water partition coefficient (Wildman–Crippen LogP) is 2.97. The number of hydrogen-bond donors (Lipinski definition) is 1. The highest BCUT2D eigenvalue weighted by molar-refractivity contribution is 6.22. The Hall–Kier alpha value is -0.880. The molecule has 0 fully saturated rings. The monoisotopic (exact) mass is 246 g/mol. The second-order valence-corrected chi connectivity index (χ2v) is 3.21. The molecule has 1 atom stereocenters. The zero-order valence-electron chi connectivity index (χ0n) is 6.95. The van der Waals surface area contributed by atoms with Gasteiger partial charge in [-0.3, -0.25) is 0 Å². The van der Waals surface area contributed by atoms with Gasteiger partial charge in [0.2, 0.25) is 0 Å². The highest BCUT2D eigenvalue weighted by atomic mass is 35.5. The van der Waals surface area contributed by atoms with Gasteiger partial charge in [0.25, 0.3) is 0 Å². The van der Waals surface area contributed by atoms with Crippen LogP contribution in [0.4, 0.5) is 22.0 Å². The van der Waals surface area contributed by atoms with Gasteiger partial charge < -0.3 is 5.11 Å². The van der Waals surface area contributed by atoms with Crippen LogP contribution in [0.25, 0.3) is 0 Å². The normalized spacial score (nSPS) is 14.1. The Labute approximate surface area is 86.1 Å². The number of benzene rings is 1. The average Bonchev–Trinajstić information content (AvgIpc) is 2.12. The third-order valence-corrected chi connectivity index (χ3v) is 1.88. The molecule has 7 heteroatoms. The SMILES string of the molecule is OC(c1ccc(F)c(F)c1F)C(F)(F)Cl. The van der Waals surface area contributed by atoms with Crippen molar-refractivity contribution in [3.8, 4) is 0 Å². The van der Waals surface area contributed by atoms with Crippen LogP contribution in [0.2, 0.25) is 0 Å². The van der Waals surface area contributed by atoms with E-state index in [0.717, 1.165) is 0 Å². The summed E-state index contributed by atoms with van der Waals surface area (Å²) in [6, 6.07) is 0.911. The van der Waals surface area contributed by atoms with Crippen molar-refractivity contribution >= 4 is 11.6 Å². The first kappa shape index (κ1) is 12.2. The Morgan fingerprint density at radius 3 is 2.13 bits per heavy atom. The fourth-order valence-corrected chi connectivity index (χ4v) is 1.05. The van der Waals surface area contributed by atoms with Gasteiger partial charge >= 0.3 is 5.38 Å². The molecule has 0 heterocycles. The van der Waals surface area contributed by atoms with E-state index in [-0.39, 0.29) is 0 Å². The van der Waals surface area contributed by atoms with Gasteiger partial charge in [0.15, 0.2) is 23.6 Å². The van der Waals surface area contributed by atoms with E-state index in [0.29, 0.717) is 12.1 Å². The molecular formula is C8H4ClF5O. The van der Waals surface area contributed by atoms with Crippen LogP contribution in [0.1, 0.15) is 11.7 Å². The van der Waals surface area contributed by atoms with Crippen molar-refractivity contribution in [2.45, 2.75) is 11.5 Å². The summed E-state index contributed by atoms with van der Waals surface area (Å²) < 4.78 is 62.6. The number of rotatable bonds is 2. The molecule has 1 nitrogen and oxygen atoms in total. The largest absolute Gasteiger partial charge is 0.381 e. The zero-order valence-corrected chi connectivity index (χ0v) is 7.70. The van der Waals surface area contributed by atoms with Crippen molar-refractivity contribution in [2.75, 3.05) is 0 Å². The van der Waals surface area contributed by atoms with Crippen molar-refractivity contribution in [3.63, 3.8) is 0 Å². The van der Waals surface area contributed by atoms with E-state index in [1.807, 2.05) is 0 Å². The summed E-state index contributed by atoms with van der Waals surface area (Å²) in [7, 11) is 0. The molecular weight excluding hydrogens is 243 g/mol. The maximum absolute atomic E-state index is 12.9. The van der Waals surface area contributed by atoms with Crippen molar-refractivity contribution in [1.82, 2.24) is 0 Å². The lowest BCUT2D eigenvalue weighted by atomic mass is 10.1. The molecule has 84 valence electrons. The van der Waals surface area contributed by atoms with Crippen LogP contribution in [0.3, 0.4) is 0 Å². The van der Waals surface area contributed by atoms with Gasteiger partial charge in [0.1, 0.15) is 0 Å². The van der Waals surface area contributed by atoms with Gasteiger partial charge in [0, 0.05) is 5.56 Å². The lowest BCUT2D eigenvalue weighted by Gasteiger charge is -2.16. The number of aliphatic hydroxyl groups is 1. The first-order chi connectivity index (χ1) is 6.75. The molecule has 0 saturated carbocycles. The number of halogens is 6. The smallest absolute Gasteiger partial charge is 0.351 e. The van der Waals surface area contributed by atoms with Crippen LogP contribution in [-0.4, -0.2) is 10.5 Å². The van der Waals surface area contributed by atoms with E-state index >= 15 is 0 Å². The van der Waals surface area contributed by atoms with E-state index in [1.165, 1.54) is 0 Å². The molecule has 1 aromatic rings. The van der Waals surface area contributed by atoms with E-state index in [1.54, 1.807) is 0 Å². The van der Waals surface area contributed by atoms with E-state index < -0.39 is 34.5 Å². The van der Waals surface area contributed by atoms with Crippen molar-refractivity contribution in [3.05, 3.63) is 35.1 Å².